The van der Waals surface area contributed by atoms with Gasteiger partial charge in [-0.15, -0.1) is 0 Å². The summed E-state index contributed by atoms with van der Waals surface area (Å²) in [5.41, 5.74) is 6.32. The smallest absolute Gasteiger partial charge is 0.340 e. The Balaban J connectivity index is 1.82. The summed E-state index contributed by atoms with van der Waals surface area (Å²) in [6.07, 6.45) is 6.88. The number of pyridine rings is 2. The number of ether oxygens (including phenoxy) is 2. The number of aryl methyl sites for hydroxylation is 1. The van der Waals surface area contributed by atoms with Crippen molar-refractivity contribution in [3.63, 3.8) is 0 Å². The van der Waals surface area contributed by atoms with Crippen molar-refractivity contribution in [1.82, 2.24) is 24.3 Å². The predicted octanol–water partition coefficient (Wildman–Crippen LogP) is 4.40. The lowest BCUT2D eigenvalue weighted by Crippen LogP contribution is -2.33. The first-order chi connectivity index (χ1) is 17.4. The van der Waals surface area contributed by atoms with Gasteiger partial charge in [0.15, 0.2) is 6.23 Å². The molecule has 8 nitrogen and oxygen atoms in total. The molecule has 1 aromatic carbocycles. The molecule has 5 rings (SSSR count). The third kappa shape index (κ3) is 4.12. The van der Waals surface area contributed by atoms with Gasteiger partial charge in [0.2, 0.25) is 0 Å². The number of benzene rings is 1. The lowest BCUT2D eigenvalue weighted by atomic mass is 9.95. The predicted molar refractivity (Wildman–Crippen MR) is 139 cm³/mol. The zero-order chi connectivity index (χ0) is 25.4. The van der Waals surface area contributed by atoms with Crippen molar-refractivity contribution in [3.8, 4) is 16.9 Å². The van der Waals surface area contributed by atoms with Gasteiger partial charge in [-0.1, -0.05) is 12.1 Å². The monoisotopic (exact) mass is 485 g/mol. The molecule has 1 aliphatic rings. The number of carbonyl (C=O) groups excluding carboxylic acids is 1. The molecule has 0 amide bonds. The van der Waals surface area contributed by atoms with E-state index in [4.69, 9.17) is 9.47 Å². The summed E-state index contributed by atoms with van der Waals surface area (Å²) in [4.78, 5) is 26.2. The third-order valence-electron chi connectivity index (χ3n) is 6.59. The second-order valence-corrected chi connectivity index (χ2v) is 9.38. The second-order valence-electron chi connectivity index (χ2n) is 9.38. The summed E-state index contributed by atoms with van der Waals surface area (Å²) in [6.45, 7) is 3.34. The highest BCUT2D eigenvalue weighted by Gasteiger charge is 2.34. The van der Waals surface area contributed by atoms with Gasteiger partial charge in [0.25, 0.3) is 0 Å². The fraction of sp³-hybridized carbons (Fsp3) is 0.321. The molecule has 36 heavy (non-hydrogen) atoms. The number of carbonyl (C=O) groups is 1. The van der Waals surface area contributed by atoms with Crippen molar-refractivity contribution < 1.29 is 14.3 Å². The SMILES string of the molecule is CCOC(=O)c1c(CN(C)C)n(C)c2cc(-c3cccnc3)c3c(c12)CN(C)C(c1cccnc1)O3. The Bertz CT molecular complexity index is 1400. The quantitative estimate of drug-likeness (QED) is 0.375. The number of hydrogen-bond acceptors (Lipinski definition) is 7. The van der Waals surface area contributed by atoms with Crippen molar-refractivity contribution in [2.24, 2.45) is 7.05 Å². The number of aromatic nitrogens is 3. The van der Waals surface area contributed by atoms with E-state index in [0.717, 1.165) is 44.6 Å². The highest BCUT2D eigenvalue weighted by atomic mass is 16.5. The zero-order valence-electron chi connectivity index (χ0n) is 21.4. The van der Waals surface area contributed by atoms with Gasteiger partial charge in [-0.25, -0.2) is 4.79 Å². The Hall–Kier alpha value is -3.75. The van der Waals surface area contributed by atoms with E-state index in [9.17, 15) is 4.79 Å². The number of esters is 1. The standard InChI is InChI=1S/C28H31N5O3/c1-6-35-28(34)25-23(17-31(2)3)33(5)22-13-20(18-9-7-11-29-14-18)26-21(24(22)25)16-32(4)27(36-26)19-10-8-12-30-15-19/h7-15,27H,6,16-17H2,1-5H3. The van der Waals surface area contributed by atoms with Crippen LogP contribution in [0.3, 0.4) is 0 Å². The summed E-state index contributed by atoms with van der Waals surface area (Å²) in [6, 6.07) is 10.00. The molecule has 8 heteroatoms. The maximum atomic E-state index is 13.4. The first-order valence-corrected chi connectivity index (χ1v) is 12.1. The van der Waals surface area contributed by atoms with Crippen molar-refractivity contribution in [2.75, 3.05) is 27.7 Å². The average molecular weight is 486 g/mol. The first kappa shape index (κ1) is 24.0. The first-order valence-electron chi connectivity index (χ1n) is 12.1. The summed E-state index contributed by atoms with van der Waals surface area (Å²) < 4.78 is 14.4. The molecule has 0 N–H and O–H groups in total. The molecule has 0 radical (unpaired) electrons. The maximum absolute atomic E-state index is 13.4. The Morgan fingerprint density at radius 2 is 1.92 bits per heavy atom. The molecule has 186 valence electrons. The molecule has 1 aliphatic heterocycles. The fourth-order valence-electron chi connectivity index (χ4n) is 5.01. The molecule has 0 spiro atoms. The minimum atomic E-state index is -0.312. The molecule has 4 heterocycles. The van der Waals surface area contributed by atoms with Crippen LogP contribution in [0.4, 0.5) is 0 Å². The van der Waals surface area contributed by atoms with E-state index in [2.05, 4.69) is 30.4 Å². The van der Waals surface area contributed by atoms with Gasteiger partial charge < -0.3 is 18.9 Å². The van der Waals surface area contributed by atoms with Crippen LogP contribution in [0.5, 0.6) is 5.75 Å². The Morgan fingerprint density at radius 1 is 1.17 bits per heavy atom. The largest absolute Gasteiger partial charge is 0.470 e. The summed E-state index contributed by atoms with van der Waals surface area (Å²) in [5.74, 6) is 0.448. The lowest BCUT2D eigenvalue weighted by Gasteiger charge is -2.36. The van der Waals surface area contributed by atoms with Gasteiger partial charge in [0.05, 0.1) is 17.7 Å². The van der Waals surface area contributed by atoms with Crippen LogP contribution in [0.15, 0.2) is 55.1 Å². The van der Waals surface area contributed by atoms with E-state index in [-0.39, 0.29) is 12.2 Å². The number of fused-ring (bicyclic) bond motifs is 3. The molecule has 1 unspecified atom stereocenters. The van der Waals surface area contributed by atoms with E-state index in [0.29, 0.717) is 25.3 Å². The van der Waals surface area contributed by atoms with Crippen LogP contribution in [0.1, 0.15) is 40.3 Å². The zero-order valence-corrected chi connectivity index (χ0v) is 21.4. The Labute approximate surface area is 211 Å². The van der Waals surface area contributed by atoms with Gasteiger partial charge in [-0.2, -0.15) is 0 Å². The van der Waals surface area contributed by atoms with Crippen LogP contribution in [-0.2, 0) is 24.9 Å². The molecule has 0 bridgehead atoms. The van der Waals surface area contributed by atoms with Crippen molar-refractivity contribution >= 4 is 16.9 Å². The van der Waals surface area contributed by atoms with Gasteiger partial charge in [-0.05, 0) is 46.3 Å². The van der Waals surface area contributed by atoms with Gasteiger partial charge in [-0.3, -0.25) is 14.9 Å². The average Bonchev–Trinajstić information content (AvgIpc) is 3.15. The minimum absolute atomic E-state index is 0.310. The maximum Gasteiger partial charge on any atom is 0.340 e. The third-order valence-corrected chi connectivity index (χ3v) is 6.59. The van der Waals surface area contributed by atoms with Crippen molar-refractivity contribution in [3.05, 3.63) is 77.5 Å². The minimum Gasteiger partial charge on any atom is -0.470 e. The van der Waals surface area contributed by atoms with Crippen LogP contribution >= 0.6 is 0 Å². The molecule has 0 saturated heterocycles. The number of hydrogen-bond donors (Lipinski definition) is 0. The van der Waals surface area contributed by atoms with Crippen LogP contribution in [0.2, 0.25) is 0 Å². The molecule has 0 saturated carbocycles. The van der Waals surface area contributed by atoms with Crippen LogP contribution in [0, 0.1) is 0 Å². The molecular weight excluding hydrogens is 454 g/mol. The topological polar surface area (TPSA) is 72.7 Å². The van der Waals surface area contributed by atoms with Gasteiger partial charge in [0, 0.05) is 78.3 Å². The molecule has 3 aromatic heterocycles. The molecule has 0 fully saturated rings. The molecule has 1 atom stereocenters. The lowest BCUT2D eigenvalue weighted by molar-refractivity contribution is 0.0185. The highest BCUT2D eigenvalue weighted by Crippen LogP contribution is 2.47. The summed E-state index contributed by atoms with van der Waals surface area (Å²) in [5, 5.41) is 0.881. The summed E-state index contributed by atoms with van der Waals surface area (Å²) in [7, 11) is 8.03. The fourth-order valence-corrected chi connectivity index (χ4v) is 5.01. The van der Waals surface area contributed by atoms with E-state index in [1.54, 1.807) is 12.4 Å². The highest BCUT2D eigenvalue weighted by molar-refractivity contribution is 6.09. The van der Waals surface area contributed by atoms with Gasteiger partial charge in [0.1, 0.15) is 5.75 Å². The van der Waals surface area contributed by atoms with Crippen LogP contribution in [0.25, 0.3) is 22.0 Å². The Morgan fingerprint density at radius 3 is 2.56 bits per heavy atom. The Kier molecular flexibility index (Phi) is 6.47. The van der Waals surface area contributed by atoms with Crippen molar-refractivity contribution in [2.45, 2.75) is 26.2 Å². The summed E-state index contributed by atoms with van der Waals surface area (Å²) >= 11 is 0. The molecular formula is C28H31N5O3. The molecule has 0 aliphatic carbocycles. The number of rotatable bonds is 6. The molecule has 4 aromatic rings. The van der Waals surface area contributed by atoms with Gasteiger partial charge >= 0.3 is 5.97 Å². The second kappa shape index (κ2) is 9.72. The normalized spacial score (nSPS) is 15.7. The van der Waals surface area contributed by atoms with Crippen LogP contribution in [-0.4, -0.2) is 58.1 Å². The number of nitrogens with zero attached hydrogens (tertiary/aromatic N) is 5. The van der Waals surface area contributed by atoms with Crippen LogP contribution < -0.4 is 4.74 Å². The van der Waals surface area contributed by atoms with Crippen molar-refractivity contribution in [1.29, 1.82) is 0 Å². The van der Waals surface area contributed by atoms with E-state index >= 15 is 0 Å². The van der Waals surface area contributed by atoms with E-state index in [1.807, 2.05) is 71.8 Å². The van der Waals surface area contributed by atoms with E-state index < -0.39 is 0 Å². The van der Waals surface area contributed by atoms with E-state index in [1.165, 1.54) is 0 Å².